The van der Waals surface area contributed by atoms with Crippen molar-refractivity contribution in [1.29, 1.82) is 0 Å². The monoisotopic (exact) mass is 182 g/mol. The quantitative estimate of drug-likeness (QED) is 0.576. The minimum atomic E-state index is -0.233. The predicted molar refractivity (Wildman–Crippen MR) is 48.4 cm³/mol. The lowest BCUT2D eigenvalue weighted by Gasteiger charge is -2.32. The Bertz CT molecular complexity index is 334. The highest BCUT2D eigenvalue weighted by Crippen LogP contribution is 2.25. The maximum absolute atomic E-state index is 10.9. The van der Waals surface area contributed by atoms with Gasteiger partial charge in [-0.3, -0.25) is 4.98 Å². The van der Waals surface area contributed by atoms with E-state index in [4.69, 9.17) is 0 Å². The fraction of sp³-hybridized carbons (Fsp3) is 0.750. The molecule has 0 amide bonds. The number of H-pyrrole nitrogens is 2. The van der Waals surface area contributed by atoms with Gasteiger partial charge < -0.3 is 5.32 Å². The van der Waals surface area contributed by atoms with Crippen LogP contribution in [0, 0.1) is 0 Å². The second-order valence-electron chi connectivity index (χ2n) is 3.74. The summed E-state index contributed by atoms with van der Waals surface area (Å²) in [7, 11) is 0. The van der Waals surface area contributed by atoms with Gasteiger partial charge in [-0.05, 0) is 32.7 Å². The topological polar surface area (TPSA) is 73.6 Å². The van der Waals surface area contributed by atoms with Crippen molar-refractivity contribution in [2.24, 2.45) is 0 Å². The third-order valence-corrected chi connectivity index (χ3v) is 2.64. The Morgan fingerprint density at radius 3 is 2.85 bits per heavy atom. The molecule has 1 aliphatic rings. The van der Waals surface area contributed by atoms with Crippen molar-refractivity contribution in [1.82, 2.24) is 20.5 Å². The maximum atomic E-state index is 10.9. The summed E-state index contributed by atoms with van der Waals surface area (Å²) < 4.78 is 0. The van der Waals surface area contributed by atoms with Crippen molar-refractivity contribution < 1.29 is 0 Å². The van der Waals surface area contributed by atoms with Crippen molar-refractivity contribution >= 4 is 0 Å². The number of nitrogens with one attached hydrogen (secondary N) is 3. The van der Waals surface area contributed by atoms with E-state index in [0.717, 1.165) is 18.8 Å². The average Bonchev–Trinajstić information content (AvgIpc) is 2.54. The summed E-state index contributed by atoms with van der Waals surface area (Å²) in [5.41, 5.74) is -0.388. The van der Waals surface area contributed by atoms with Crippen molar-refractivity contribution in [2.45, 2.75) is 31.7 Å². The van der Waals surface area contributed by atoms with Crippen LogP contribution in [0.4, 0.5) is 0 Å². The molecule has 72 valence electrons. The molecule has 1 saturated heterocycles. The van der Waals surface area contributed by atoms with Crippen LogP contribution in [0.25, 0.3) is 0 Å². The van der Waals surface area contributed by atoms with E-state index in [1.807, 2.05) is 0 Å². The van der Waals surface area contributed by atoms with Gasteiger partial charge in [0, 0.05) is 0 Å². The van der Waals surface area contributed by atoms with Gasteiger partial charge in [0.15, 0.2) is 5.82 Å². The van der Waals surface area contributed by atoms with E-state index in [0.29, 0.717) is 0 Å². The Labute approximate surface area is 75.9 Å². The van der Waals surface area contributed by atoms with Gasteiger partial charge in [0.25, 0.3) is 0 Å². The number of hydrogen-bond acceptors (Lipinski definition) is 3. The van der Waals surface area contributed by atoms with E-state index < -0.39 is 0 Å². The smallest absolute Gasteiger partial charge is 0.305 e. The van der Waals surface area contributed by atoms with E-state index in [2.05, 4.69) is 27.4 Å². The molecule has 13 heavy (non-hydrogen) atoms. The van der Waals surface area contributed by atoms with Gasteiger partial charge in [0.1, 0.15) is 0 Å². The fourth-order valence-corrected chi connectivity index (χ4v) is 1.79. The first-order valence-electron chi connectivity index (χ1n) is 4.61. The molecule has 2 heterocycles. The summed E-state index contributed by atoms with van der Waals surface area (Å²) in [4.78, 5) is 13.6. The number of aromatic nitrogens is 3. The van der Waals surface area contributed by atoms with Gasteiger partial charge in [-0.2, -0.15) is 5.10 Å². The van der Waals surface area contributed by atoms with Gasteiger partial charge in [0.2, 0.25) is 0 Å². The van der Waals surface area contributed by atoms with Crippen molar-refractivity contribution in [2.75, 3.05) is 6.54 Å². The number of hydrogen-bond donors (Lipinski definition) is 3. The number of aromatic amines is 2. The Balaban J connectivity index is 2.27. The molecular weight excluding hydrogens is 168 g/mol. The molecule has 0 saturated carbocycles. The number of piperidine rings is 1. The van der Waals surface area contributed by atoms with Crippen LogP contribution in [-0.4, -0.2) is 21.7 Å². The Morgan fingerprint density at radius 1 is 1.46 bits per heavy atom. The molecule has 0 aromatic carbocycles. The first-order chi connectivity index (χ1) is 6.21. The zero-order chi connectivity index (χ0) is 9.31. The van der Waals surface area contributed by atoms with Crippen LogP contribution in [-0.2, 0) is 5.54 Å². The fourth-order valence-electron chi connectivity index (χ4n) is 1.79. The highest BCUT2D eigenvalue weighted by Gasteiger charge is 2.31. The van der Waals surface area contributed by atoms with E-state index in [1.165, 1.54) is 12.8 Å². The van der Waals surface area contributed by atoms with E-state index in [1.54, 1.807) is 0 Å². The normalized spacial score (nSPS) is 29.0. The van der Waals surface area contributed by atoms with E-state index >= 15 is 0 Å². The lowest BCUT2D eigenvalue weighted by Crippen LogP contribution is -2.44. The molecular formula is C8H14N4O. The minimum Gasteiger partial charge on any atom is -0.305 e. The first-order valence-corrected chi connectivity index (χ1v) is 4.61. The third kappa shape index (κ3) is 1.51. The predicted octanol–water partition coefficient (Wildman–Crippen LogP) is 0.0867. The van der Waals surface area contributed by atoms with Crippen LogP contribution in [0.5, 0.6) is 0 Å². The lowest BCUT2D eigenvalue weighted by atomic mass is 9.90. The molecule has 5 heteroatoms. The number of rotatable bonds is 1. The lowest BCUT2D eigenvalue weighted by molar-refractivity contribution is 0.269. The zero-order valence-corrected chi connectivity index (χ0v) is 7.68. The summed E-state index contributed by atoms with van der Waals surface area (Å²) in [5, 5.41) is 9.72. The van der Waals surface area contributed by atoms with Crippen LogP contribution in [0.2, 0.25) is 0 Å². The molecule has 2 rings (SSSR count). The minimum absolute atomic E-state index is 0.155. The van der Waals surface area contributed by atoms with E-state index in [-0.39, 0.29) is 11.2 Å². The molecule has 0 bridgehead atoms. The molecule has 1 atom stereocenters. The Morgan fingerprint density at radius 2 is 2.31 bits per heavy atom. The van der Waals surface area contributed by atoms with Crippen LogP contribution in [0.3, 0.4) is 0 Å². The van der Waals surface area contributed by atoms with Gasteiger partial charge >= 0.3 is 5.69 Å². The number of nitrogens with zero attached hydrogens (tertiary/aromatic N) is 1. The van der Waals surface area contributed by atoms with Gasteiger partial charge in [0.05, 0.1) is 5.54 Å². The largest absolute Gasteiger partial charge is 0.340 e. The summed E-state index contributed by atoms with van der Waals surface area (Å²) in [6.07, 6.45) is 3.40. The molecule has 0 spiro atoms. The van der Waals surface area contributed by atoms with Crippen molar-refractivity contribution in [3.63, 3.8) is 0 Å². The van der Waals surface area contributed by atoms with Crippen LogP contribution >= 0.6 is 0 Å². The molecule has 1 fully saturated rings. The van der Waals surface area contributed by atoms with Crippen molar-refractivity contribution in [3.05, 3.63) is 16.3 Å². The summed E-state index contributed by atoms with van der Waals surface area (Å²) in [6.45, 7) is 3.06. The standard InChI is InChI=1S/C8H14N4O/c1-8(4-2-3-5-9-8)6-10-7(13)12-11-6/h9H,2-5H2,1H3,(H2,10,11,12,13). The van der Waals surface area contributed by atoms with Gasteiger partial charge in [-0.15, -0.1) is 0 Å². The molecule has 1 aromatic rings. The summed E-state index contributed by atoms with van der Waals surface area (Å²) in [6, 6.07) is 0. The summed E-state index contributed by atoms with van der Waals surface area (Å²) >= 11 is 0. The Kier molecular flexibility index (Phi) is 1.95. The SMILES string of the molecule is CC1(c2n[nH]c(=O)[nH]2)CCCCN1. The first kappa shape index (κ1) is 8.50. The molecule has 1 unspecified atom stereocenters. The van der Waals surface area contributed by atoms with Crippen LogP contribution in [0.1, 0.15) is 32.0 Å². The molecule has 5 nitrogen and oxygen atoms in total. The highest BCUT2D eigenvalue weighted by molar-refractivity contribution is 5.03. The molecule has 0 aliphatic carbocycles. The molecule has 1 aromatic heterocycles. The van der Waals surface area contributed by atoms with Crippen molar-refractivity contribution in [3.8, 4) is 0 Å². The van der Waals surface area contributed by atoms with Crippen LogP contribution < -0.4 is 11.0 Å². The highest BCUT2D eigenvalue weighted by atomic mass is 16.1. The zero-order valence-electron chi connectivity index (χ0n) is 7.68. The molecule has 3 N–H and O–H groups in total. The Hall–Kier alpha value is -1.10. The van der Waals surface area contributed by atoms with E-state index in [9.17, 15) is 4.79 Å². The summed E-state index contributed by atoms with van der Waals surface area (Å²) in [5.74, 6) is 0.720. The molecule has 0 radical (unpaired) electrons. The maximum Gasteiger partial charge on any atom is 0.340 e. The molecule has 1 aliphatic heterocycles. The second kappa shape index (κ2) is 2.99. The second-order valence-corrected chi connectivity index (χ2v) is 3.74. The third-order valence-electron chi connectivity index (χ3n) is 2.64. The van der Waals surface area contributed by atoms with Gasteiger partial charge in [-0.1, -0.05) is 0 Å². The van der Waals surface area contributed by atoms with Gasteiger partial charge in [-0.25, -0.2) is 9.89 Å². The van der Waals surface area contributed by atoms with Crippen LogP contribution in [0.15, 0.2) is 4.79 Å². The average molecular weight is 182 g/mol.